The molecule has 0 aromatic carbocycles. The number of nitrogens with one attached hydrogen (secondary N) is 1. The van der Waals surface area contributed by atoms with Gasteiger partial charge in [-0.1, -0.05) is 11.6 Å². The molecule has 1 aliphatic rings. The number of hydrogen-bond donors (Lipinski definition) is 2. The normalized spacial score (nSPS) is 17.6. The molecule has 16 heavy (non-hydrogen) atoms. The van der Waals surface area contributed by atoms with Gasteiger partial charge in [0, 0.05) is 11.0 Å². The predicted octanol–water partition coefficient (Wildman–Crippen LogP) is 2.06. The van der Waals surface area contributed by atoms with Crippen molar-refractivity contribution in [3.8, 4) is 0 Å². The summed E-state index contributed by atoms with van der Waals surface area (Å²) >= 11 is 7.18. The van der Waals surface area contributed by atoms with E-state index in [1.165, 1.54) is 17.4 Å². The first-order chi connectivity index (χ1) is 7.63. The fourth-order valence-corrected chi connectivity index (χ4v) is 2.32. The van der Waals surface area contributed by atoms with Gasteiger partial charge in [0.05, 0.1) is 16.5 Å². The zero-order valence-corrected chi connectivity index (χ0v) is 10.1. The lowest BCUT2D eigenvalue weighted by Gasteiger charge is -2.11. The molecule has 0 unspecified atom stereocenters. The van der Waals surface area contributed by atoms with E-state index < -0.39 is 0 Å². The number of halogens is 1. The SMILES string of the molecule is O=C(/C=C/c1ccc(Cl)s1)NC1(CO)CC1. The van der Waals surface area contributed by atoms with Crippen molar-refractivity contribution < 1.29 is 9.90 Å². The number of aliphatic hydroxyl groups is 1. The highest BCUT2D eigenvalue weighted by atomic mass is 35.5. The molecule has 1 heterocycles. The Kier molecular flexibility index (Phi) is 3.33. The van der Waals surface area contributed by atoms with Gasteiger partial charge in [0.25, 0.3) is 0 Å². The van der Waals surface area contributed by atoms with Crippen LogP contribution in [-0.2, 0) is 4.79 Å². The first-order valence-electron chi connectivity index (χ1n) is 5.00. The van der Waals surface area contributed by atoms with Crippen molar-refractivity contribution in [3.05, 3.63) is 27.4 Å². The van der Waals surface area contributed by atoms with Gasteiger partial charge in [0.2, 0.25) is 5.91 Å². The molecule has 0 aliphatic heterocycles. The summed E-state index contributed by atoms with van der Waals surface area (Å²) in [6, 6.07) is 3.65. The third-order valence-electron chi connectivity index (χ3n) is 2.54. The Bertz CT molecular complexity index is 423. The van der Waals surface area contributed by atoms with Crippen LogP contribution in [-0.4, -0.2) is 23.2 Å². The summed E-state index contributed by atoms with van der Waals surface area (Å²) in [4.78, 5) is 12.4. The maximum atomic E-state index is 11.5. The molecule has 1 amide bonds. The molecule has 0 spiro atoms. The van der Waals surface area contributed by atoms with Gasteiger partial charge in [-0.25, -0.2) is 0 Å². The van der Waals surface area contributed by atoms with Crippen LogP contribution in [0.2, 0.25) is 4.34 Å². The summed E-state index contributed by atoms with van der Waals surface area (Å²) < 4.78 is 0.703. The summed E-state index contributed by atoms with van der Waals surface area (Å²) in [6.45, 7) is 0.0113. The number of amides is 1. The van der Waals surface area contributed by atoms with Crippen molar-refractivity contribution in [2.24, 2.45) is 0 Å². The van der Waals surface area contributed by atoms with Gasteiger partial charge in [0.15, 0.2) is 0 Å². The molecule has 3 nitrogen and oxygen atoms in total. The van der Waals surface area contributed by atoms with Gasteiger partial charge in [0.1, 0.15) is 0 Å². The van der Waals surface area contributed by atoms with Crippen LogP contribution in [0.25, 0.3) is 6.08 Å². The van der Waals surface area contributed by atoms with E-state index in [0.717, 1.165) is 17.7 Å². The third kappa shape index (κ3) is 2.84. The minimum Gasteiger partial charge on any atom is -0.394 e. The van der Waals surface area contributed by atoms with E-state index in [2.05, 4.69) is 5.32 Å². The van der Waals surface area contributed by atoms with Gasteiger partial charge in [-0.05, 0) is 31.1 Å². The van der Waals surface area contributed by atoms with Gasteiger partial charge in [-0.3, -0.25) is 4.79 Å². The van der Waals surface area contributed by atoms with Crippen LogP contribution in [0, 0.1) is 0 Å². The van der Waals surface area contributed by atoms with Crippen LogP contribution in [0.4, 0.5) is 0 Å². The standard InChI is InChI=1S/C11H12ClNO2S/c12-9-3-1-8(16-9)2-4-10(15)13-11(7-14)5-6-11/h1-4,14H,5-7H2,(H,13,15)/b4-2+. The Morgan fingerprint density at radius 2 is 2.38 bits per heavy atom. The van der Waals surface area contributed by atoms with Crippen LogP contribution in [0.15, 0.2) is 18.2 Å². The van der Waals surface area contributed by atoms with Gasteiger partial charge < -0.3 is 10.4 Å². The summed E-state index contributed by atoms with van der Waals surface area (Å²) in [6.07, 6.45) is 4.90. The van der Waals surface area contributed by atoms with Crippen LogP contribution < -0.4 is 5.32 Å². The molecule has 86 valence electrons. The lowest BCUT2D eigenvalue weighted by molar-refractivity contribution is -0.117. The first kappa shape index (κ1) is 11.6. The fraction of sp³-hybridized carbons (Fsp3) is 0.364. The zero-order valence-electron chi connectivity index (χ0n) is 8.57. The van der Waals surface area contributed by atoms with Gasteiger partial charge >= 0.3 is 0 Å². The highest BCUT2D eigenvalue weighted by molar-refractivity contribution is 7.17. The average Bonchev–Trinajstić information content (AvgIpc) is 2.91. The maximum Gasteiger partial charge on any atom is 0.244 e. The molecule has 1 fully saturated rings. The molecule has 2 rings (SSSR count). The Labute approximate surface area is 103 Å². The first-order valence-corrected chi connectivity index (χ1v) is 6.19. The molecule has 2 N–H and O–H groups in total. The van der Waals surface area contributed by atoms with Crippen molar-refractivity contribution in [3.63, 3.8) is 0 Å². The van der Waals surface area contributed by atoms with Crippen molar-refractivity contribution in [2.75, 3.05) is 6.61 Å². The largest absolute Gasteiger partial charge is 0.394 e. The van der Waals surface area contributed by atoms with E-state index in [0.29, 0.717) is 4.34 Å². The number of carbonyl (C=O) groups excluding carboxylic acids is 1. The minimum atomic E-state index is -0.353. The van der Waals surface area contributed by atoms with Gasteiger partial charge in [-0.15, -0.1) is 11.3 Å². The highest BCUT2D eigenvalue weighted by Gasteiger charge is 2.42. The molecule has 0 atom stereocenters. The van der Waals surface area contributed by atoms with E-state index in [4.69, 9.17) is 16.7 Å². The topological polar surface area (TPSA) is 49.3 Å². The second kappa shape index (κ2) is 4.57. The fourth-order valence-electron chi connectivity index (χ4n) is 1.35. The van der Waals surface area contributed by atoms with Crippen molar-refractivity contribution in [2.45, 2.75) is 18.4 Å². The van der Waals surface area contributed by atoms with Gasteiger partial charge in [-0.2, -0.15) is 0 Å². The van der Waals surface area contributed by atoms with Crippen molar-refractivity contribution in [1.82, 2.24) is 5.32 Å². The summed E-state index contributed by atoms with van der Waals surface area (Å²) in [5, 5.41) is 11.8. The molecule has 1 aromatic heterocycles. The Balaban J connectivity index is 1.90. The van der Waals surface area contributed by atoms with Crippen LogP contribution >= 0.6 is 22.9 Å². The highest BCUT2D eigenvalue weighted by Crippen LogP contribution is 2.34. The second-order valence-corrected chi connectivity index (χ2v) is 5.65. The number of rotatable bonds is 4. The molecule has 0 radical (unpaired) electrons. The Morgan fingerprint density at radius 1 is 1.62 bits per heavy atom. The van der Waals surface area contributed by atoms with E-state index in [9.17, 15) is 4.79 Å². The number of carbonyl (C=O) groups is 1. The van der Waals surface area contributed by atoms with E-state index >= 15 is 0 Å². The lowest BCUT2D eigenvalue weighted by atomic mass is 10.3. The molecular formula is C11H12ClNO2S. The lowest BCUT2D eigenvalue weighted by Crippen LogP contribution is -2.38. The van der Waals surface area contributed by atoms with Crippen molar-refractivity contribution in [1.29, 1.82) is 0 Å². The van der Waals surface area contributed by atoms with E-state index in [-0.39, 0.29) is 18.1 Å². The van der Waals surface area contributed by atoms with Crippen LogP contribution in [0.1, 0.15) is 17.7 Å². The Morgan fingerprint density at radius 3 is 2.88 bits per heavy atom. The molecule has 1 saturated carbocycles. The number of hydrogen-bond acceptors (Lipinski definition) is 3. The minimum absolute atomic E-state index is 0.0113. The smallest absolute Gasteiger partial charge is 0.244 e. The maximum absolute atomic E-state index is 11.5. The van der Waals surface area contributed by atoms with Crippen LogP contribution in [0.3, 0.4) is 0 Å². The average molecular weight is 258 g/mol. The predicted molar refractivity (Wildman–Crippen MR) is 65.6 cm³/mol. The molecule has 0 bridgehead atoms. The molecule has 1 aliphatic carbocycles. The van der Waals surface area contributed by atoms with E-state index in [1.54, 1.807) is 12.1 Å². The third-order valence-corrected chi connectivity index (χ3v) is 3.73. The summed E-state index contributed by atoms with van der Waals surface area (Å²) in [5.74, 6) is -0.170. The summed E-state index contributed by atoms with van der Waals surface area (Å²) in [7, 11) is 0. The molecule has 1 aromatic rings. The summed E-state index contributed by atoms with van der Waals surface area (Å²) in [5.41, 5.74) is -0.353. The quantitative estimate of drug-likeness (QED) is 0.812. The monoisotopic (exact) mass is 257 g/mol. The molecular weight excluding hydrogens is 246 g/mol. The zero-order chi connectivity index (χ0) is 11.6. The number of thiophene rings is 1. The molecule has 5 heteroatoms. The Hall–Kier alpha value is -0.840. The van der Waals surface area contributed by atoms with Crippen molar-refractivity contribution >= 4 is 34.9 Å². The second-order valence-electron chi connectivity index (χ2n) is 3.90. The van der Waals surface area contributed by atoms with E-state index in [1.807, 2.05) is 6.07 Å². The number of aliphatic hydroxyl groups excluding tert-OH is 1. The van der Waals surface area contributed by atoms with Crippen LogP contribution in [0.5, 0.6) is 0 Å². The molecule has 0 saturated heterocycles.